The molecule has 0 bridgehead atoms. The third-order valence-corrected chi connectivity index (χ3v) is 2.88. The molecule has 0 aromatic carbocycles. The van der Waals surface area contributed by atoms with Gasteiger partial charge in [0, 0.05) is 19.1 Å². The molecule has 1 fully saturated rings. The Morgan fingerprint density at radius 1 is 1.29 bits per heavy atom. The minimum Gasteiger partial charge on any atom is -0.316 e. The highest BCUT2D eigenvalue weighted by Gasteiger charge is 2.27. The number of nitrogens with zero attached hydrogens (tertiary/aromatic N) is 1. The molecule has 0 aromatic heterocycles. The molecular weight excluding hydrogens is 172 g/mol. The van der Waals surface area contributed by atoms with Gasteiger partial charge < -0.3 is 5.32 Å². The smallest absolute Gasteiger partial charge is 0.0110 e. The van der Waals surface area contributed by atoms with Crippen molar-refractivity contribution < 1.29 is 0 Å². The summed E-state index contributed by atoms with van der Waals surface area (Å²) in [6, 6.07) is 0.924. The summed E-state index contributed by atoms with van der Waals surface area (Å²) >= 11 is 0. The molecule has 0 amide bonds. The van der Waals surface area contributed by atoms with E-state index in [4.69, 9.17) is 0 Å². The average Bonchev–Trinajstić information content (AvgIpc) is 2.94. The van der Waals surface area contributed by atoms with Crippen LogP contribution in [0.4, 0.5) is 0 Å². The van der Waals surface area contributed by atoms with Crippen molar-refractivity contribution in [3.63, 3.8) is 0 Å². The molecule has 0 unspecified atom stereocenters. The summed E-state index contributed by atoms with van der Waals surface area (Å²) in [6.07, 6.45) is 4.22. The molecule has 0 atom stereocenters. The minimum atomic E-state index is 0.843. The number of hydrogen-bond donors (Lipinski definition) is 1. The first kappa shape index (κ1) is 12.0. The topological polar surface area (TPSA) is 15.3 Å². The maximum atomic E-state index is 3.41. The summed E-state index contributed by atoms with van der Waals surface area (Å²) in [4.78, 5) is 2.67. The lowest BCUT2D eigenvalue weighted by molar-refractivity contribution is 0.248. The maximum Gasteiger partial charge on any atom is 0.0110 e. The summed E-state index contributed by atoms with van der Waals surface area (Å²) in [5.41, 5.74) is 0. The molecule has 1 N–H and O–H groups in total. The van der Waals surface area contributed by atoms with Gasteiger partial charge in [-0.2, -0.15) is 0 Å². The minimum absolute atomic E-state index is 0.843. The van der Waals surface area contributed by atoms with Crippen molar-refractivity contribution in [1.82, 2.24) is 10.2 Å². The second-order valence-electron chi connectivity index (χ2n) is 4.80. The molecule has 1 aliphatic rings. The first-order valence-electron chi connectivity index (χ1n) is 6.18. The SMILES string of the molecule is CCNCCN(CCC(C)C)C1CC1. The third-order valence-electron chi connectivity index (χ3n) is 2.88. The molecule has 1 aliphatic carbocycles. The lowest BCUT2D eigenvalue weighted by Gasteiger charge is -2.22. The highest BCUT2D eigenvalue weighted by atomic mass is 15.2. The fourth-order valence-electron chi connectivity index (χ4n) is 1.74. The molecule has 0 aromatic rings. The average molecular weight is 198 g/mol. The molecule has 84 valence electrons. The van der Waals surface area contributed by atoms with Crippen LogP contribution >= 0.6 is 0 Å². The third kappa shape index (κ3) is 4.97. The lowest BCUT2D eigenvalue weighted by Crippen LogP contribution is -2.34. The molecule has 2 nitrogen and oxygen atoms in total. The number of rotatable bonds is 8. The van der Waals surface area contributed by atoms with Gasteiger partial charge in [-0.25, -0.2) is 0 Å². The van der Waals surface area contributed by atoms with Crippen molar-refractivity contribution in [3.05, 3.63) is 0 Å². The summed E-state index contributed by atoms with van der Waals surface area (Å²) < 4.78 is 0. The van der Waals surface area contributed by atoms with Crippen LogP contribution in [0.1, 0.15) is 40.0 Å². The van der Waals surface area contributed by atoms with Gasteiger partial charge in [-0.1, -0.05) is 20.8 Å². The quantitative estimate of drug-likeness (QED) is 0.601. The number of likely N-dealkylation sites (N-methyl/N-ethyl adjacent to an activating group) is 1. The summed E-state index contributed by atoms with van der Waals surface area (Å²) in [6.45, 7) is 11.6. The molecule has 0 spiro atoms. The Morgan fingerprint density at radius 3 is 2.50 bits per heavy atom. The predicted octanol–water partition coefficient (Wildman–Crippen LogP) is 2.11. The first-order chi connectivity index (χ1) is 6.74. The van der Waals surface area contributed by atoms with Crippen LogP contribution < -0.4 is 5.32 Å². The predicted molar refractivity (Wildman–Crippen MR) is 62.6 cm³/mol. The zero-order chi connectivity index (χ0) is 10.4. The van der Waals surface area contributed by atoms with Gasteiger partial charge in [0.2, 0.25) is 0 Å². The molecule has 0 radical (unpaired) electrons. The van der Waals surface area contributed by atoms with E-state index >= 15 is 0 Å². The van der Waals surface area contributed by atoms with Gasteiger partial charge in [0.15, 0.2) is 0 Å². The van der Waals surface area contributed by atoms with Crippen molar-refractivity contribution in [2.45, 2.75) is 46.1 Å². The highest BCUT2D eigenvalue weighted by molar-refractivity contribution is 4.84. The normalized spacial score (nSPS) is 16.9. The van der Waals surface area contributed by atoms with Gasteiger partial charge in [0.1, 0.15) is 0 Å². The van der Waals surface area contributed by atoms with Crippen LogP contribution in [0.2, 0.25) is 0 Å². The van der Waals surface area contributed by atoms with Gasteiger partial charge in [-0.05, 0) is 38.3 Å². The van der Waals surface area contributed by atoms with Gasteiger partial charge >= 0.3 is 0 Å². The van der Waals surface area contributed by atoms with Crippen LogP contribution in [-0.4, -0.2) is 37.1 Å². The second kappa shape index (κ2) is 6.41. The number of hydrogen-bond acceptors (Lipinski definition) is 2. The van der Waals surface area contributed by atoms with Gasteiger partial charge in [-0.15, -0.1) is 0 Å². The molecule has 14 heavy (non-hydrogen) atoms. The van der Waals surface area contributed by atoms with Gasteiger partial charge in [-0.3, -0.25) is 4.90 Å². The van der Waals surface area contributed by atoms with Crippen LogP contribution in [0, 0.1) is 5.92 Å². The molecule has 1 saturated carbocycles. The summed E-state index contributed by atoms with van der Waals surface area (Å²) in [5.74, 6) is 0.843. The molecular formula is C12H26N2. The van der Waals surface area contributed by atoms with E-state index in [2.05, 4.69) is 31.0 Å². The zero-order valence-corrected chi connectivity index (χ0v) is 10.1. The van der Waals surface area contributed by atoms with Crippen LogP contribution in [0.15, 0.2) is 0 Å². The Labute approximate surface area is 89.1 Å². The van der Waals surface area contributed by atoms with Gasteiger partial charge in [0.25, 0.3) is 0 Å². The number of nitrogens with one attached hydrogen (secondary N) is 1. The van der Waals surface area contributed by atoms with Gasteiger partial charge in [0.05, 0.1) is 0 Å². The fraction of sp³-hybridized carbons (Fsp3) is 1.00. The Bertz CT molecular complexity index is 141. The Morgan fingerprint density at radius 2 is 2.00 bits per heavy atom. The summed E-state index contributed by atoms with van der Waals surface area (Å²) in [5, 5.41) is 3.41. The molecule has 1 rings (SSSR count). The van der Waals surface area contributed by atoms with Crippen LogP contribution in [-0.2, 0) is 0 Å². The Kier molecular flexibility index (Phi) is 5.49. The van der Waals surface area contributed by atoms with Crippen LogP contribution in [0.5, 0.6) is 0 Å². The fourth-order valence-corrected chi connectivity index (χ4v) is 1.74. The second-order valence-corrected chi connectivity index (χ2v) is 4.80. The van der Waals surface area contributed by atoms with E-state index in [0.29, 0.717) is 0 Å². The lowest BCUT2D eigenvalue weighted by atomic mass is 10.1. The molecule has 0 heterocycles. The van der Waals surface area contributed by atoms with Crippen LogP contribution in [0.3, 0.4) is 0 Å². The molecule has 0 aliphatic heterocycles. The Hall–Kier alpha value is -0.0800. The van der Waals surface area contributed by atoms with Crippen LogP contribution in [0.25, 0.3) is 0 Å². The maximum absolute atomic E-state index is 3.41. The van der Waals surface area contributed by atoms with Crippen molar-refractivity contribution in [2.24, 2.45) is 5.92 Å². The largest absolute Gasteiger partial charge is 0.316 e. The molecule has 2 heteroatoms. The van der Waals surface area contributed by atoms with Crippen molar-refractivity contribution in [2.75, 3.05) is 26.2 Å². The van der Waals surface area contributed by atoms with Crippen molar-refractivity contribution in [1.29, 1.82) is 0 Å². The van der Waals surface area contributed by atoms with E-state index in [-0.39, 0.29) is 0 Å². The van der Waals surface area contributed by atoms with E-state index in [1.54, 1.807) is 0 Å². The molecule has 0 saturated heterocycles. The van der Waals surface area contributed by atoms with Crippen molar-refractivity contribution >= 4 is 0 Å². The van der Waals surface area contributed by atoms with E-state index in [9.17, 15) is 0 Å². The monoisotopic (exact) mass is 198 g/mol. The van der Waals surface area contributed by atoms with E-state index < -0.39 is 0 Å². The van der Waals surface area contributed by atoms with E-state index in [0.717, 1.165) is 25.0 Å². The zero-order valence-electron chi connectivity index (χ0n) is 10.1. The van der Waals surface area contributed by atoms with E-state index in [1.807, 2.05) is 0 Å². The van der Waals surface area contributed by atoms with Crippen molar-refractivity contribution in [3.8, 4) is 0 Å². The standard InChI is InChI=1S/C12H26N2/c1-4-13-8-10-14(12-5-6-12)9-7-11(2)3/h11-13H,4-10H2,1-3H3. The summed E-state index contributed by atoms with van der Waals surface area (Å²) in [7, 11) is 0. The Balaban J connectivity index is 2.11. The first-order valence-corrected chi connectivity index (χ1v) is 6.18. The van der Waals surface area contributed by atoms with E-state index in [1.165, 1.54) is 32.4 Å². The highest BCUT2D eigenvalue weighted by Crippen LogP contribution is 2.26.